The van der Waals surface area contributed by atoms with Crippen LogP contribution in [0.25, 0.3) is 0 Å². The number of benzene rings is 1. The van der Waals surface area contributed by atoms with Crippen LogP contribution in [-0.4, -0.2) is 41.4 Å². The highest BCUT2D eigenvalue weighted by atomic mass is 16.2. The smallest absolute Gasteiger partial charge is 0.237 e. The molecule has 118 valence electrons. The van der Waals surface area contributed by atoms with Crippen LogP contribution in [0.5, 0.6) is 0 Å². The minimum Gasteiger partial charge on any atom is -0.350 e. The van der Waals surface area contributed by atoms with Crippen LogP contribution in [0.4, 0.5) is 0 Å². The Morgan fingerprint density at radius 2 is 2.09 bits per heavy atom. The summed E-state index contributed by atoms with van der Waals surface area (Å²) >= 11 is 0. The van der Waals surface area contributed by atoms with E-state index in [4.69, 9.17) is 5.73 Å². The summed E-state index contributed by atoms with van der Waals surface area (Å²) in [4.78, 5) is 26.1. The summed E-state index contributed by atoms with van der Waals surface area (Å²) in [7, 11) is 0. The van der Waals surface area contributed by atoms with Gasteiger partial charge in [-0.3, -0.25) is 9.59 Å². The fraction of sp³-hybridized carbons (Fsp3) is 0.529. The average Bonchev–Trinajstić information content (AvgIpc) is 3.10. The molecular formula is C17H23N3O2. The molecule has 2 amide bonds. The summed E-state index contributed by atoms with van der Waals surface area (Å²) < 4.78 is 0. The third kappa shape index (κ3) is 3.30. The van der Waals surface area contributed by atoms with E-state index in [2.05, 4.69) is 12.2 Å². The molecule has 0 unspecified atom stereocenters. The maximum Gasteiger partial charge on any atom is 0.237 e. The van der Waals surface area contributed by atoms with E-state index < -0.39 is 6.04 Å². The first-order valence-corrected chi connectivity index (χ1v) is 7.94. The van der Waals surface area contributed by atoms with Gasteiger partial charge in [-0.25, -0.2) is 0 Å². The molecule has 22 heavy (non-hydrogen) atoms. The Morgan fingerprint density at radius 1 is 1.41 bits per heavy atom. The number of hydrogen-bond acceptors (Lipinski definition) is 3. The Bertz CT molecular complexity index is 560. The van der Waals surface area contributed by atoms with Crippen LogP contribution in [0.15, 0.2) is 30.3 Å². The van der Waals surface area contributed by atoms with Gasteiger partial charge in [0.1, 0.15) is 0 Å². The van der Waals surface area contributed by atoms with Crippen LogP contribution >= 0.6 is 0 Å². The van der Waals surface area contributed by atoms with Crippen molar-refractivity contribution >= 4 is 11.8 Å². The van der Waals surface area contributed by atoms with E-state index in [1.807, 2.05) is 35.2 Å². The van der Waals surface area contributed by atoms with E-state index in [1.165, 1.54) is 0 Å². The summed E-state index contributed by atoms with van der Waals surface area (Å²) in [5, 5.41) is 2.93. The lowest BCUT2D eigenvalue weighted by Gasteiger charge is -2.18. The van der Waals surface area contributed by atoms with Gasteiger partial charge in [0, 0.05) is 19.0 Å². The molecule has 1 aromatic carbocycles. The molecule has 3 N–H and O–H groups in total. The standard InChI is InChI=1S/C17H23N3O2/c1-11-7-15(11)20-10-13(9-16(20)21)19-17(22)14(18)8-12-5-3-2-4-6-12/h2-6,11,13-15H,7-10,18H2,1H3,(H,19,22)/t11-,13-,14+,15+/m1/s1. The van der Waals surface area contributed by atoms with Crippen molar-refractivity contribution in [2.24, 2.45) is 11.7 Å². The predicted molar refractivity (Wildman–Crippen MR) is 84.0 cm³/mol. The van der Waals surface area contributed by atoms with E-state index in [1.54, 1.807) is 0 Å². The quantitative estimate of drug-likeness (QED) is 0.840. The van der Waals surface area contributed by atoms with Gasteiger partial charge in [0.05, 0.1) is 12.1 Å². The highest BCUT2D eigenvalue weighted by molar-refractivity contribution is 5.85. The fourth-order valence-corrected chi connectivity index (χ4v) is 3.15. The predicted octanol–water partition coefficient (Wildman–Crippen LogP) is 0.682. The second-order valence-electron chi connectivity index (χ2n) is 6.53. The van der Waals surface area contributed by atoms with Crippen molar-refractivity contribution in [3.05, 3.63) is 35.9 Å². The van der Waals surface area contributed by atoms with Gasteiger partial charge in [-0.1, -0.05) is 37.3 Å². The van der Waals surface area contributed by atoms with E-state index in [0.717, 1.165) is 12.0 Å². The molecule has 4 atom stereocenters. The molecule has 0 bridgehead atoms. The highest BCUT2D eigenvalue weighted by Crippen LogP contribution is 2.37. The van der Waals surface area contributed by atoms with E-state index in [0.29, 0.717) is 31.3 Å². The van der Waals surface area contributed by atoms with Crippen molar-refractivity contribution in [1.29, 1.82) is 0 Å². The van der Waals surface area contributed by atoms with Gasteiger partial charge < -0.3 is 16.0 Å². The molecule has 1 aliphatic carbocycles. The number of nitrogens with zero attached hydrogens (tertiary/aromatic N) is 1. The fourth-order valence-electron chi connectivity index (χ4n) is 3.15. The van der Waals surface area contributed by atoms with Crippen LogP contribution in [0.3, 0.4) is 0 Å². The van der Waals surface area contributed by atoms with E-state index in [9.17, 15) is 9.59 Å². The zero-order valence-electron chi connectivity index (χ0n) is 12.9. The van der Waals surface area contributed by atoms with Gasteiger partial charge in [-0.05, 0) is 24.3 Å². The Kier molecular flexibility index (Phi) is 4.16. The maximum absolute atomic E-state index is 12.2. The first-order valence-electron chi connectivity index (χ1n) is 7.94. The second-order valence-corrected chi connectivity index (χ2v) is 6.53. The van der Waals surface area contributed by atoms with Crippen molar-refractivity contribution in [1.82, 2.24) is 10.2 Å². The van der Waals surface area contributed by atoms with Crippen LogP contribution in [0, 0.1) is 5.92 Å². The molecule has 1 saturated carbocycles. The van der Waals surface area contributed by atoms with Crippen LogP contribution in [0.1, 0.15) is 25.3 Å². The number of amides is 2. The average molecular weight is 301 g/mol. The maximum atomic E-state index is 12.2. The van der Waals surface area contributed by atoms with Gasteiger partial charge >= 0.3 is 0 Å². The monoisotopic (exact) mass is 301 g/mol. The first-order chi connectivity index (χ1) is 10.5. The molecule has 1 aromatic rings. The van der Waals surface area contributed by atoms with E-state index >= 15 is 0 Å². The van der Waals surface area contributed by atoms with Crippen molar-refractivity contribution in [3.8, 4) is 0 Å². The molecule has 2 aliphatic rings. The van der Waals surface area contributed by atoms with Crippen molar-refractivity contribution in [3.63, 3.8) is 0 Å². The third-order valence-electron chi connectivity index (χ3n) is 4.61. The lowest BCUT2D eigenvalue weighted by molar-refractivity contribution is -0.128. The Labute approximate surface area is 130 Å². The number of nitrogens with two attached hydrogens (primary N) is 1. The topological polar surface area (TPSA) is 75.4 Å². The Hall–Kier alpha value is -1.88. The van der Waals surface area contributed by atoms with Crippen molar-refractivity contribution < 1.29 is 9.59 Å². The minimum absolute atomic E-state index is 0.102. The molecule has 2 fully saturated rings. The van der Waals surface area contributed by atoms with Gasteiger partial charge in [-0.2, -0.15) is 0 Å². The normalized spacial score (nSPS) is 28.5. The minimum atomic E-state index is -0.577. The molecule has 0 spiro atoms. The second kappa shape index (κ2) is 6.08. The first kappa shape index (κ1) is 15.0. The largest absolute Gasteiger partial charge is 0.350 e. The summed E-state index contributed by atoms with van der Waals surface area (Å²) in [5.74, 6) is 0.572. The lowest BCUT2D eigenvalue weighted by Crippen LogP contribution is -2.47. The molecular weight excluding hydrogens is 278 g/mol. The molecule has 0 radical (unpaired) electrons. The number of hydrogen-bond donors (Lipinski definition) is 2. The molecule has 5 heteroatoms. The van der Waals surface area contributed by atoms with E-state index in [-0.39, 0.29) is 17.9 Å². The third-order valence-corrected chi connectivity index (χ3v) is 4.61. The van der Waals surface area contributed by atoms with Crippen LogP contribution in [0.2, 0.25) is 0 Å². The lowest BCUT2D eigenvalue weighted by atomic mass is 10.1. The molecule has 3 rings (SSSR count). The Morgan fingerprint density at radius 3 is 2.73 bits per heavy atom. The molecule has 1 aliphatic heterocycles. The molecule has 1 saturated heterocycles. The Balaban J connectivity index is 1.50. The summed E-state index contributed by atoms with van der Waals surface area (Å²) in [5.41, 5.74) is 7.02. The van der Waals surface area contributed by atoms with Gasteiger partial charge in [0.15, 0.2) is 0 Å². The van der Waals surface area contributed by atoms with Crippen molar-refractivity contribution in [2.45, 2.75) is 44.3 Å². The number of nitrogens with one attached hydrogen (secondary N) is 1. The zero-order valence-corrected chi connectivity index (χ0v) is 12.9. The van der Waals surface area contributed by atoms with Crippen molar-refractivity contribution in [2.75, 3.05) is 6.54 Å². The summed E-state index contributed by atoms with van der Waals surface area (Å²) in [6, 6.07) is 9.43. The SMILES string of the molecule is C[C@@H]1C[C@@H]1N1C[C@H](NC(=O)[C@@H](N)Cc2ccccc2)CC1=O. The summed E-state index contributed by atoms with van der Waals surface area (Å²) in [6.07, 6.45) is 1.99. The highest BCUT2D eigenvalue weighted by Gasteiger charge is 2.44. The van der Waals surface area contributed by atoms with Gasteiger partial charge in [-0.15, -0.1) is 0 Å². The molecule has 5 nitrogen and oxygen atoms in total. The number of likely N-dealkylation sites (tertiary alicyclic amines) is 1. The zero-order chi connectivity index (χ0) is 15.7. The molecule has 1 heterocycles. The van der Waals surface area contributed by atoms with Crippen LogP contribution in [-0.2, 0) is 16.0 Å². The van der Waals surface area contributed by atoms with Gasteiger partial charge in [0.2, 0.25) is 11.8 Å². The summed E-state index contributed by atoms with van der Waals surface area (Å²) in [6.45, 7) is 2.78. The number of carbonyl (C=O) groups excluding carboxylic acids is 2. The van der Waals surface area contributed by atoms with Crippen LogP contribution < -0.4 is 11.1 Å². The van der Waals surface area contributed by atoms with Gasteiger partial charge in [0.25, 0.3) is 0 Å². The number of carbonyl (C=O) groups is 2. The number of rotatable bonds is 5. The molecule has 0 aromatic heterocycles.